The number of nitrogens with zero attached hydrogens (tertiary/aromatic N) is 1. The van der Waals surface area contributed by atoms with E-state index >= 15 is 0 Å². The minimum Gasteiger partial charge on any atom is -0.493 e. The molecule has 6 nitrogen and oxygen atoms in total. The lowest BCUT2D eigenvalue weighted by atomic mass is 10.2. The first-order chi connectivity index (χ1) is 10.6. The average molecular weight is 309 g/mol. The summed E-state index contributed by atoms with van der Waals surface area (Å²) in [7, 11) is 7.44. The molecule has 1 aromatic carbocycles. The summed E-state index contributed by atoms with van der Waals surface area (Å²) in [5, 5.41) is 5.83. The third kappa shape index (κ3) is 6.78. The lowest BCUT2D eigenvalue weighted by Gasteiger charge is -2.14. The number of likely N-dealkylation sites (N-methyl/N-ethyl adjacent to an activating group) is 1. The van der Waals surface area contributed by atoms with Crippen LogP contribution in [0, 0.1) is 0 Å². The highest BCUT2D eigenvalue weighted by atomic mass is 16.5. The topological polar surface area (TPSA) is 62.8 Å². The van der Waals surface area contributed by atoms with Crippen LogP contribution in [0.4, 0.5) is 0 Å². The SMILES string of the molecule is CNCCC(=O)NCc1ccc(OCCN(C)C)c(OC)c1. The largest absolute Gasteiger partial charge is 0.493 e. The van der Waals surface area contributed by atoms with Gasteiger partial charge in [0.25, 0.3) is 0 Å². The van der Waals surface area contributed by atoms with Gasteiger partial charge < -0.3 is 25.0 Å². The van der Waals surface area contributed by atoms with Crippen molar-refractivity contribution in [2.45, 2.75) is 13.0 Å². The number of methoxy groups -OCH3 is 1. The quantitative estimate of drug-likeness (QED) is 0.671. The van der Waals surface area contributed by atoms with Crippen LogP contribution in [-0.2, 0) is 11.3 Å². The molecule has 0 atom stereocenters. The van der Waals surface area contributed by atoms with E-state index in [1.54, 1.807) is 7.11 Å². The van der Waals surface area contributed by atoms with Crippen LogP contribution in [0.3, 0.4) is 0 Å². The van der Waals surface area contributed by atoms with Crippen LogP contribution < -0.4 is 20.1 Å². The predicted molar refractivity (Wildman–Crippen MR) is 87.4 cm³/mol. The second kappa shape index (κ2) is 10.0. The van der Waals surface area contributed by atoms with Crippen molar-refractivity contribution in [2.24, 2.45) is 0 Å². The van der Waals surface area contributed by atoms with Crippen molar-refractivity contribution in [2.75, 3.05) is 47.9 Å². The molecule has 0 fully saturated rings. The van der Waals surface area contributed by atoms with Crippen LogP contribution in [0.25, 0.3) is 0 Å². The monoisotopic (exact) mass is 309 g/mol. The summed E-state index contributed by atoms with van der Waals surface area (Å²) >= 11 is 0. The molecular formula is C16H27N3O3. The summed E-state index contributed by atoms with van der Waals surface area (Å²) in [6.45, 7) is 2.60. The van der Waals surface area contributed by atoms with Gasteiger partial charge in [0.05, 0.1) is 7.11 Å². The van der Waals surface area contributed by atoms with Gasteiger partial charge in [-0.1, -0.05) is 6.07 Å². The number of hydrogen-bond donors (Lipinski definition) is 2. The van der Waals surface area contributed by atoms with E-state index in [0.717, 1.165) is 17.9 Å². The number of rotatable bonds is 10. The molecule has 124 valence electrons. The molecule has 0 heterocycles. The minimum atomic E-state index is 0.0274. The molecule has 0 aliphatic heterocycles. The van der Waals surface area contributed by atoms with E-state index in [1.807, 2.05) is 39.3 Å². The molecular weight excluding hydrogens is 282 g/mol. The first kappa shape index (κ1) is 18.3. The van der Waals surface area contributed by atoms with Gasteiger partial charge in [-0.15, -0.1) is 0 Å². The molecule has 0 saturated carbocycles. The highest BCUT2D eigenvalue weighted by molar-refractivity contribution is 5.76. The fraction of sp³-hybridized carbons (Fsp3) is 0.562. The Kier molecular flexibility index (Phi) is 8.32. The maximum Gasteiger partial charge on any atom is 0.221 e. The number of ether oxygens (including phenoxy) is 2. The van der Waals surface area contributed by atoms with E-state index in [4.69, 9.17) is 9.47 Å². The van der Waals surface area contributed by atoms with Gasteiger partial charge in [-0.2, -0.15) is 0 Å². The Bertz CT molecular complexity index is 464. The smallest absolute Gasteiger partial charge is 0.221 e. The fourth-order valence-electron chi connectivity index (χ4n) is 1.81. The molecule has 0 saturated heterocycles. The Hall–Kier alpha value is -1.79. The number of hydrogen-bond acceptors (Lipinski definition) is 5. The highest BCUT2D eigenvalue weighted by Gasteiger charge is 2.07. The predicted octanol–water partition coefficient (Wildman–Crippen LogP) is 0.861. The van der Waals surface area contributed by atoms with Crippen LogP contribution in [-0.4, -0.2) is 58.8 Å². The van der Waals surface area contributed by atoms with Crippen molar-refractivity contribution < 1.29 is 14.3 Å². The summed E-state index contributed by atoms with van der Waals surface area (Å²) in [4.78, 5) is 13.6. The van der Waals surface area contributed by atoms with E-state index in [1.165, 1.54) is 0 Å². The van der Waals surface area contributed by atoms with E-state index in [-0.39, 0.29) is 5.91 Å². The van der Waals surface area contributed by atoms with Crippen LogP contribution in [0.1, 0.15) is 12.0 Å². The van der Waals surface area contributed by atoms with Crippen molar-refractivity contribution in [3.63, 3.8) is 0 Å². The van der Waals surface area contributed by atoms with Gasteiger partial charge in [-0.25, -0.2) is 0 Å². The van der Waals surface area contributed by atoms with Gasteiger partial charge in [0.1, 0.15) is 6.61 Å². The van der Waals surface area contributed by atoms with Crippen LogP contribution in [0.15, 0.2) is 18.2 Å². The van der Waals surface area contributed by atoms with Gasteiger partial charge in [0.15, 0.2) is 11.5 Å². The normalized spacial score (nSPS) is 10.6. The van der Waals surface area contributed by atoms with Crippen LogP contribution in [0.5, 0.6) is 11.5 Å². The fourth-order valence-corrected chi connectivity index (χ4v) is 1.81. The zero-order valence-corrected chi connectivity index (χ0v) is 13.9. The third-order valence-electron chi connectivity index (χ3n) is 3.12. The molecule has 6 heteroatoms. The molecule has 0 aliphatic carbocycles. The van der Waals surface area contributed by atoms with E-state index < -0.39 is 0 Å². The Morgan fingerprint density at radius 3 is 2.68 bits per heavy atom. The molecule has 1 rings (SSSR count). The summed E-state index contributed by atoms with van der Waals surface area (Å²) in [6.07, 6.45) is 0.472. The van der Waals surface area contributed by atoms with Gasteiger partial charge in [-0.3, -0.25) is 4.79 Å². The van der Waals surface area contributed by atoms with Crippen LogP contribution in [0.2, 0.25) is 0 Å². The van der Waals surface area contributed by atoms with Crippen LogP contribution >= 0.6 is 0 Å². The van der Waals surface area contributed by atoms with Crippen molar-refractivity contribution in [1.82, 2.24) is 15.5 Å². The van der Waals surface area contributed by atoms with Gasteiger partial charge >= 0.3 is 0 Å². The molecule has 0 unspecified atom stereocenters. The highest BCUT2D eigenvalue weighted by Crippen LogP contribution is 2.28. The molecule has 2 N–H and O–H groups in total. The molecule has 0 spiro atoms. The minimum absolute atomic E-state index is 0.0274. The van der Waals surface area contributed by atoms with Crippen molar-refractivity contribution in [3.8, 4) is 11.5 Å². The number of amides is 1. The summed E-state index contributed by atoms with van der Waals surface area (Å²) < 4.78 is 11.1. The molecule has 0 radical (unpaired) electrons. The molecule has 22 heavy (non-hydrogen) atoms. The van der Waals surface area contributed by atoms with Crippen molar-refractivity contribution >= 4 is 5.91 Å². The van der Waals surface area contributed by atoms with Gasteiger partial charge in [0, 0.05) is 26.1 Å². The van der Waals surface area contributed by atoms with E-state index in [0.29, 0.717) is 31.9 Å². The maximum atomic E-state index is 11.6. The number of carbonyl (C=O) groups excluding carboxylic acids is 1. The average Bonchev–Trinajstić information content (AvgIpc) is 2.51. The van der Waals surface area contributed by atoms with Gasteiger partial charge in [-0.05, 0) is 38.8 Å². The maximum absolute atomic E-state index is 11.6. The molecule has 1 aromatic rings. The first-order valence-electron chi connectivity index (χ1n) is 7.42. The number of carbonyl (C=O) groups is 1. The Balaban J connectivity index is 2.54. The summed E-state index contributed by atoms with van der Waals surface area (Å²) in [5.41, 5.74) is 0.981. The second-order valence-electron chi connectivity index (χ2n) is 5.27. The third-order valence-corrected chi connectivity index (χ3v) is 3.12. The second-order valence-corrected chi connectivity index (χ2v) is 5.27. The number of nitrogens with one attached hydrogen (secondary N) is 2. The van der Waals surface area contributed by atoms with E-state index in [9.17, 15) is 4.79 Å². The van der Waals surface area contributed by atoms with E-state index in [2.05, 4.69) is 15.5 Å². The number of benzene rings is 1. The lowest BCUT2D eigenvalue weighted by molar-refractivity contribution is -0.121. The molecule has 0 aromatic heterocycles. The molecule has 0 aliphatic rings. The standard InChI is InChI=1S/C16H27N3O3/c1-17-8-7-16(20)18-12-13-5-6-14(15(11-13)21-4)22-10-9-19(2)3/h5-6,11,17H,7-10,12H2,1-4H3,(H,18,20). The molecule has 1 amide bonds. The lowest BCUT2D eigenvalue weighted by Crippen LogP contribution is -2.26. The van der Waals surface area contributed by atoms with Crippen molar-refractivity contribution in [3.05, 3.63) is 23.8 Å². The summed E-state index contributed by atoms with van der Waals surface area (Å²) in [5.74, 6) is 1.43. The van der Waals surface area contributed by atoms with Gasteiger partial charge in [0.2, 0.25) is 5.91 Å². The Labute approximate surface area is 132 Å². The zero-order valence-electron chi connectivity index (χ0n) is 13.9. The first-order valence-corrected chi connectivity index (χ1v) is 7.42. The Morgan fingerprint density at radius 2 is 2.05 bits per heavy atom. The summed E-state index contributed by atoms with van der Waals surface area (Å²) in [6, 6.07) is 5.71. The molecule has 0 bridgehead atoms. The zero-order chi connectivity index (χ0) is 16.4. The van der Waals surface area contributed by atoms with Crippen molar-refractivity contribution in [1.29, 1.82) is 0 Å². The Morgan fingerprint density at radius 1 is 1.27 bits per heavy atom.